The number of rotatable bonds is 9. The fraction of sp³-hybridized carbons (Fsp3) is 0.750. The van der Waals surface area contributed by atoms with Crippen molar-refractivity contribution in [2.45, 2.75) is 38.5 Å². The maximum atomic E-state index is 11.7. The van der Waals surface area contributed by atoms with Crippen LogP contribution in [0.4, 0.5) is 0 Å². The Labute approximate surface area is 140 Å². The van der Waals surface area contributed by atoms with E-state index >= 15 is 0 Å². The van der Waals surface area contributed by atoms with E-state index in [4.69, 9.17) is 10.2 Å². The van der Waals surface area contributed by atoms with Gasteiger partial charge in [0, 0.05) is 39.0 Å². The van der Waals surface area contributed by atoms with Gasteiger partial charge in [0.1, 0.15) is 0 Å². The van der Waals surface area contributed by atoms with Crippen LogP contribution in [0.1, 0.15) is 38.5 Å². The molecule has 2 N–H and O–H groups in total. The molecule has 134 valence electrons. The minimum Gasteiger partial charge on any atom is -0.481 e. The molecule has 2 aliphatic rings. The Morgan fingerprint density at radius 2 is 1.17 bits per heavy atom. The Morgan fingerprint density at radius 1 is 0.792 bits per heavy atom. The Morgan fingerprint density at radius 3 is 1.46 bits per heavy atom. The summed E-state index contributed by atoms with van der Waals surface area (Å²) >= 11 is 0. The number of hydrogen-bond acceptors (Lipinski definition) is 4. The zero-order valence-corrected chi connectivity index (χ0v) is 13.6. The van der Waals surface area contributed by atoms with E-state index in [1.807, 2.05) is 0 Å². The SMILES string of the molecule is O=C(O)C1CC(=O)N(CCCCCCN2CC(C(=O)O)CC2=O)C1. The number of carbonyl (C=O) groups excluding carboxylic acids is 2. The van der Waals surface area contributed by atoms with Gasteiger partial charge in [0.15, 0.2) is 0 Å². The summed E-state index contributed by atoms with van der Waals surface area (Å²) in [6.07, 6.45) is 3.60. The number of aliphatic carboxylic acids is 2. The molecule has 2 saturated heterocycles. The van der Waals surface area contributed by atoms with E-state index in [2.05, 4.69) is 0 Å². The van der Waals surface area contributed by atoms with Gasteiger partial charge in [-0.15, -0.1) is 0 Å². The Bertz CT molecular complexity index is 475. The minimum absolute atomic E-state index is 0.0928. The molecule has 8 heteroatoms. The van der Waals surface area contributed by atoms with Gasteiger partial charge >= 0.3 is 11.9 Å². The topological polar surface area (TPSA) is 115 Å². The van der Waals surface area contributed by atoms with E-state index in [0.717, 1.165) is 25.7 Å². The fourth-order valence-corrected chi connectivity index (χ4v) is 3.27. The largest absolute Gasteiger partial charge is 0.481 e. The number of carbonyl (C=O) groups is 4. The van der Waals surface area contributed by atoms with Crippen LogP contribution in [0.5, 0.6) is 0 Å². The summed E-state index contributed by atoms with van der Waals surface area (Å²) in [5.74, 6) is -3.18. The van der Waals surface area contributed by atoms with Crippen molar-refractivity contribution in [1.82, 2.24) is 9.80 Å². The molecule has 2 rings (SSSR count). The van der Waals surface area contributed by atoms with Gasteiger partial charge in [0.2, 0.25) is 11.8 Å². The van der Waals surface area contributed by atoms with Crippen LogP contribution in [-0.4, -0.2) is 69.9 Å². The molecule has 2 aliphatic heterocycles. The van der Waals surface area contributed by atoms with Gasteiger partial charge in [-0.25, -0.2) is 0 Å². The highest BCUT2D eigenvalue weighted by Gasteiger charge is 2.34. The Hall–Kier alpha value is -2.12. The maximum Gasteiger partial charge on any atom is 0.308 e. The predicted molar refractivity (Wildman–Crippen MR) is 83.1 cm³/mol. The minimum atomic E-state index is -0.916. The van der Waals surface area contributed by atoms with E-state index in [0.29, 0.717) is 26.2 Å². The first-order chi connectivity index (χ1) is 11.4. The van der Waals surface area contributed by atoms with E-state index in [1.54, 1.807) is 9.80 Å². The molecule has 0 radical (unpaired) electrons. The third-order valence-electron chi connectivity index (χ3n) is 4.73. The summed E-state index contributed by atoms with van der Waals surface area (Å²) < 4.78 is 0. The molecule has 24 heavy (non-hydrogen) atoms. The van der Waals surface area contributed by atoms with E-state index < -0.39 is 23.8 Å². The molecule has 0 aliphatic carbocycles. The van der Waals surface area contributed by atoms with Gasteiger partial charge in [0.25, 0.3) is 0 Å². The monoisotopic (exact) mass is 340 g/mol. The highest BCUT2D eigenvalue weighted by atomic mass is 16.4. The quantitative estimate of drug-likeness (QED) is 0.588. The lowest BCUT2D eigenvalue weighted by molar-refractivity contribution is -0.142. The normalized spacial score (nSPS) is 24.0. The van der Waals surface area contributed by atoms with Crippen LogP contribution in [0.25, 0.3) is 0 Å². The van der Waals surface area contributed by atoms with E-state index in [9.17, 15) is 19.2 Å². The predicted octanol–water partition coefficient (Wildman–Crippen LogP) is 0.413. The first-order valence-electron chi connectivity index (χ1n) is 8.39. The van der Waals surface area contributed by atoms with Crippen molar-refractivity contribution >= 4 is 23.8 Å². The maximum absolute atomic E-state index is 11.7. The standard InChI is InChI=1S/C16H24N2O6/c19-13-7-11(15(21)22)9-17(13)5-3-1-2-4-6-18-10-12(16(23)24)8-14(18)20/h11-12H,1-10H2,(H,21,22)(H,23,24). The molecule has 0 spiro atoms. The molecule has 2 fully saturated rings. The number of amides is 2. The third-order valence-corrected chi connectivity index (χ3v) is 4.73. The van der Waals surface area contributed by atoms with Crippen molar-refractivity contribution in [3.63, 3.8) is 0 Å². The van der Waals surface area contributed by atoms with E-state index in [1.165, 1.54) is 0 Å². The lowest BCUT2D eigenvalue weighted by Gasteiger charge is -2.17. The van der Waals surface area contributed by atoms with Gasteiger partial charge in [-0.3, -0.25) is 19.2 Å². The number of carboxylic acid groups (broad SMARTS) is 2. The number of carboxylic acids is 2. The number of hydrogen-bond donors (Lipinski definition) is 2. The molecule has 2 atom stereocenters. The lowest BCUT2D eigenvalue weighted by Crippen LogP contribution is -2.28. The van der Waals surface area contributed by atoms with Crippen molar-refractivity contribution < 1.29 is 29.4 Å². The van der Waals surface area contributed by atoms with E-state index in [-0.39, 0.29) is 24.7 Å². The second-order valence-corrected chi connectivity index (χ2v) is 6.57. The van der Waals surface area contributed by atoms with Gasteiger partial charge in [-0.2, -0.15) is 0 Å². The molecule has 2 unspecified atom stereocenters. The molecule has 0 aromatic rings. The average molecular weight is 340 g/mol. The first kappa shape index (κ1) is 18.2. The number of nitrogens with zero attached hydrogens (tertiary/aromatic N) is 2. The van der Waals surface area contributed by atoms with Crippen LogP contribution in [-0.2, 0) is 19.2 Å². The second kappa shape index (κ2) is 8.12. The summed E-state index contributed by atoms with van der Waals surface area (Å²) in [5.41, 5.74) is 0. The molecule has 2 heterocycles. The van der Waals surface area contributed by atoms with Crippen LogP contribution in [0.2, 0.25) is 0 Å². The van der Waals surface area contributed by atoms with Crippen molar-refractivity contribution in [2.24, 2.45) is 11.8 Å². The van der Waals surface area contributed by atoms with Gasteiger partial charge in [0.05, 0.1) is 11.8 Å². The molecule has 0 bridgehead atoms. The third kappa shape index (κ3) is 4.69. The average Bonchev–Trinajstić information content (AvgIpc) is 3.07. The van der Waals surface area contributed by atoms with Crippen LogP contribution < -0.4 is 0 Å². The van der Waals surface area contributed by atoms with Crippen molar-refractivity contribution in [1.29, 1.82) is 0 Å². The summed E-state index contributed by atoms with van der Waals surface area (Å²) in [6.45, 7) is 1.75. The molecular weight excluding hydrogens is 316 g/mol. The second-order valence-electron chi connectivity index (χ2n) is 6.57. The van der Waals surface area contributed by atoms with Crippen molar-refractivity contribution in [3.8, 4) is 0 Å². The highest BCUT2D eigenvalue weighted by molar-refractivity contribution is 5.86. The summed E-state index contributed by atoms with van der Waals surface area (Å²) in [4.78, 5) is 48.3. The Balaban J connectivity index is 1.56. The summed E-state index contributed by atoms with van der Waals surface area (Å²) in [7, 11) is 0. The van der Waals surface area contributed by atoms with Crippen LogP contribution in [0.3, 0.4) is 0 Å². The van der Waals surface area contributed by atoms with Crippen LogP contribution >= 0.6 is 0 Å². The smallest absolute Gasteiger partial charge is 0.308 e. The van der Waals surface area contributed by atoms with Gasteiger partial charge in [-0.05, 0) is 12.8 Å². The zero-order valence-electron chi connectivity index (χ0n) is 13.6. The fourth-order valence-electron chi connectivity index (χ4n) is 3.27. The molecule has 2 amide bonds. The first-order valence-corrected chi connectivity index (χ1v) is 8.39. The number of likely N-dealkylation sites (tertiary alicyclic amines) is 2. The Kier molecular flexibility index (Phi) is 6.16. The molecule has 0 aromatic heterocycles. The van der Waals surface area contributed by atoms with Gasteiger partial charge < -0.3 is 20.0 Å². The highest BCUT2D eigenvalue weighted by Crippen LogP contribution is 2.20. The lowest BCUT2D eigenvalue weighted by atomic mass is 10.1. The van der Waals surface area contributed by atoms with Crippen molar-refractivity contribution in [3.05, 3.63) is 0 Å². The summed E-state index contributed by atoms with van der Waals surface area (Å²) in [5, 5.41) is 17.8. The molecule has 0 aromatic carbocycles. The molecular formula is C16H24N2O6. The van der Waals surface area contributed by atoms with Crippen LogP contribution in [0.15, 0.2) is 0 Å². The molecule has 0 saturated carbocycles. The number of unbranched alkanes of at least 4 members (excludes halogenated alkanes) is 3. The molecule has 8 nitrogen and oxygen atoms in total. The zero-order chi connectivity index (χ0) is 17.7. The van der Waals surface area contributed by atoms with Crippen molar-refractivity contribution in [2.75, 3.05) is 26.2 Å². The van der Waals surface area contributed by atoms with Crippen LogP contribution in [0, 0.1) is 11.8 Å². The summed E-state index contributed by atoms with van der Waals surface area (Å²) in [6, 6.07) is 0. The van der Waals surface area contributed by atoms with Gasteiger partial charge in [-0.1, -0.05) is 12.8 Å².